The molecule has 2 rings (SSSR count). The smallest absolute Gasteiger partial charge is 0.134 e. The lowest BCUT2D eigenvalue weighted by molar-refractivity contribution is 0.402. The van der Waals surface area contributed by atoms with Crippen LogP contribution in [0.3, 0.4) is 0 Å². The Morgan fingerprint density at radius 3 is 2.19 bits per heavy atom. The topological polar surface area (TPSA) is 35.2 Å². The van der Waals surface area contributed by atoms with Gasteiger partial charge in [0.25, 0.3) is 0 Å². The van der Waals surface area contributed by atoms with Crippen LogP contribution in [0.25, 0.3) is 0 Å². The van der Waals surface area contributed by atoms with Gasteiger partial charge in [-0.1, -0.05) is 0 Å². The number of halogens is 3. The third-order valence-electron chi connectivity index (χ3n) is 2.75. The summed E-state index contributed by atoms with van der Waals surface area (Å²) in [5, 5.41) is 0. The molecule has 1 aliphatic carbocycles. The number of methoxy groups -OCH3 is 1. The summed E-state index contributed by atoms with van der Waals surface area (Å²) in [5.74, 6) is -0.836. The third kappa shape index (κ3) is 2.44. The highest BCUT2D eigenvalue weighted by Gasteiger charge is 2.33. The Labute approximate surface area is 99.2 Å². The van der Waals surface area contributed by atoms with Crippen molar-refractivity contribution >= 4 is 12.4 Å². The van der Waals surface area contributed by atoms with E-state index in [2.05, 4.69) is 0 Å². The monoisotopic (exact) mass is 249 g/mol. The average molecular weight is 250 g/mol. The van der Waals surface area contributed by atoms with Crippen LogP contribution in [-0.4, -0.2) is 7.11 Å². The number of ether oxygens (including phenoxy) is 1. The predicted molar refractivity (Wildman–Crippen MR) is 59.8 cm³/mol. The van der Waals surface area contributed by atoms with E-state index in [1.807, 2.05) is 0 Å². The molecule has 1 aromatic rings. The van der Waals surface area contributed by atoms with Gasteiger partial charge in [-0.05, 0) is 18.8 Å². The zero-order chi connectivity index (χ0) is 11.0. The molecule has 0 aromatic heterocycles. The highest BCUT2D eigenvalue weighted by Crippen LogP contribution is 2.41. The Hall–Kier alpha value is -0.870. The lowest BCUT2D eigenvalue weighted by Crippen LogP contribution is -2.16. The fourth-order valence-corrected chi connectivity index (χ4v) is 1.69. The predicted octanol–water partition coefficient (Wildman–Crippen LogP) is 2.81. The first kappa shape index (κ1) is 13.2. The molecule has 0 aliphatic heterocycles. The van der Waals surface area contributed by atoms with E-state index in [1.165, 1.54) is 19.2 Å². The summed E-state index contributed by atoms with van der Waals surface area (Å²) < 4.78 is 31.8. The molecule has 1 saturated carbocycles. The van der Waals surface area contributed by atoms with Gasteiger partial charge in [-0.25, -0.2) is 8.78 Å². The second-order valence-electron chi connectivity index (χ2n) is 3.87. The van der Waals surface area contributed by atoms with Gasteiger partial charge in [0, 0.05) is 23.7 Å². The van der Waals surface area contributed by atoms with Crippen molar-refractivity contribution in [2.24, 2.45) is 11.7 Å². The summed E-state index contributed by atoms with van der Waals surface area (Å²) in [4.78, 5) is 0. The van der Waals surface area contributed by atoms with E-state index < -0.39 is 17.7 Å². The van der Waals surface area contributed by atoms with Crippen LogP contribution in [0.2, 0.25) is 0 Å². The van der Waals surface area contributed by atoms with Crippen molar-refractivity contribution in [1.82, 2.24) is 0 Å². The molecular formula is C11H14ClF2NO. The van der Waals surface area contributed by atoms with Gasteiger partial charge in [0.05, 0.1) is 7.11 Å². The van der Waals surface area contributed by atoms with Crippen molar-refractivity contribution in [1.29, 1.82) is 0 Å². The van der Waals surface area contributed by atoms with Crippen molar-refractivity contribution in [3.63, 3.8) is 0 Å². The Balaban J connectivity index is 0.00000128. The molecule has 16 heavy (non-hydrogen) atoms. The van der Waals surface area contributed by atoms with E-state index in [9.17, 15) is 8.78 Å². The maximum absolute atomic E-state index is 13.5. The van der Waals surface area contributed by atoms with Crippen LogP contribution in [0.1, 0.15) is 24.4 Å². The summed E-state index contributed by atoms with van der Waals surface area (Å²) in [5.41, 5.74) is 5.76. The molecular weight excluding hydrogens is 236 g/mol. The SMILES string of the molecule is COc1cc(F)c([C@@H](N)C2CC2)c(F)c1.Cl. The molecule has 0 saturated heterocycles. The second kappa shape index (κ2) is 4.97. The van der Waals surface area contributed by atoms with Gasteiger partial charge in [-0.15, -0.1) is 12.4 Å². The molecule has 1 aliphatic rings. The van der Waals surface area contributed by atoms with Gasteiger partial charge in [-0.3, -0.25) is 0 Å². The molecule has 0 unspecified atom stereocenters. The Bertz CT molecular complexity index is 359. The molecule has 0 radical (unpaired) electrons. The van der Waals surface area contributed by atoms with Gasteiger partial charge >= 0.3 is 0 Å². The average Bonchev–Trinajstić information content (AvgIpc) is 2.99. The van der Waals surface area contributed by atoms with Gasteiger partial charge in [0.1, 0.15) is 17.4 Å². The van der Waals surface area contributed by atoms with E-state index in [4.69, 9.17) is 10.5 Å². The van der Waals surface area contributed by atoms with Crippen LogP contribution >= 0.6 is 12.4 Å². The van der Waals surface area contributed by atoms with Gasteiger partial charge in [0.2, 0.25) is 0 Å². The maximum Gasteiger partial charge on any atom is 0.134 e. The van der Waals surface area contributed by atoms with Crippen LogP contribution in [0.15, 0.2) is 12.1 Å². The highest BCUT2D eigenvalue weighted by atomic mass is 35.5. The fraction of sp³-hybridized carbons (Fsp3) is 0.455. The van der Waals surface area contributed by atoms with Crippen LogP contribution in [-0.2, 0) is 0 Å². The van der Waals surface area contributed by atoms with E-state index in [-0.39, 0.29) is 29.6 Å². The maximum atomic E-state index is 13.5. The summed E-state index contributed by atoms with van der Waals surface area (Å²) in [6, 6.07) is 1.80. The Kier molecular flexibility index (Phi) is 4.10. The molecule has 1 fully saturated rings. The summed E-state index contributed by atoms with van der Waals surface area (Å²) in [6.45, 7) is 0. The lowest BCUT2D eigenvalue weighted by Gasteiger charge is -2.13. The molecule has 5 heteroatoms. The first-order valence-corrected chi connectivity index (χ1v) is 4.92. The van der Waals surface area contributed by atoms with Crippen molar-refractivity contribution in [3.8, 4) is 5.75 Å². The fourth-order valence-electron chi connectivity index (χ4n) is 1.69. The number of benzene rings is 1. The molecule has 1 aromatic carbocycles. The molecule has 90 valence electrons. The number of rotatable bonds is 3. The van der Waals surface area contributed by atoms with Crippen molar-refractivity contribution < 1.29 is 13.5 Å². The number of hydrogen-bond donors (Lipinski definition) is 1. The first-order valence-electron chi connectivity index (χ1n) is 4.92. The molecule has 0 bridgehead atoms. The van der Waals surface area contributed by atoms with E-state index in [0.29, 0.717) is 0 Å². The van der Waals surface area contributed by atoms with Gasteiger partial charge < -0.3 is 10.5 Å². The Morgan fingerprint density at radius 1 is 1.31 bits per heavy atom. The summed E-state index contributed by atoms with van der Waals surface area (Å²) >= 11 is 0. The third-order valence-corrected chi connectivity index (χ3v) is 2.75. The van der Waals surface area contributed by atoms with Crippen molar-refractivity contribution in [2.45, 2.75) is 18.9 Å². The van der Waals surface area contributed by atoms with E-state index in [0.717, 1.165) is 12.8 Å². The zero-order valence-corrected chi connectivity index (χ0v) is 9.69. The zero-order valence-electron chi connectivity index (χ0n) is 8.87. The summed E-state index contributed by atoms with van der Waals surface area (Å²) in [7, 11) is 1.37. The second-order valence-corrected chi connectivity index (χ2v) is 3.87. The van der Waals surface area contributed by atoms with Crippen LogP contribution < -0.4 is 10.5 Å². The number of hydrogen-bond acceptors (Lipinski definition) is 2. The van der Waals surface area contributed by atoms with Crippen LogP contribution in [0, 0.1) is 17.6 Å². The van der Waals surface area contributed by atoms with Crippen molar-refractivity contribution in [2.75, 3.05) is 7.11 Å². The first-order chi connectivity index (χ1) is 7.13. The molecule has 0 heterocycles. The van der Waals surface area contributed by atoms with Crippen LogP contribution in [0.4, 0.5) is 8.78 Å². The minimum absolute atomic E-state index is 0. The largest absolute Gasteiger partial charge is 0.497 e. The van der Waals surface area contributed by atoms with Gasteiger partial charge in [-0.2, -0.15) is 0 Å². The lowest BCUT2D eigenvalue weighted by atomic mass is 10.0. The summed E-state index contributed by atoms with van der Waals surface area (Å²) in [6.07, 6.45) is 1.90. The van der Waals surface area contributed by atoms with E-state index in [1.54, 1.807) is 0 Å². The molecule has 0 amide bonds. The standard InChI is InChI=1S/C11H13F2NO.ClH/c1-15-7-4-8(12)10(9(13)5-7)11(14)6-2-3-6;/h4-6,11H,2-3,14H2,1H3;1H/t11-;/m0./s1. The molecule has 1 atom stereocenters. The molecule has 2 N–H and O–H groups in total. The molecule has 2 nitrogen and oxygen atoms in total. The minimum Gasteiger partial charge on any atom is -0.497 e. The normalized spacial score (nSPS) is 16.5. The number of nitrogens with two attached hydrogens (primary N) is 1. The van der Waals surface area contributed by atoms with E-state index >= 15 is 0 Å². The minimum atomic E-state index is -0.619. The van der Waals surface area contributed by atoms with Gasteiger partial charge in [0.15, 0.2) is 0 Å². The quantitative estimate of drug-likeness (QED) is 0.894. The van der Waals surface area contributed by atoms with Crippen molar-refractivity contribution in [3.05, 3.63) is 29.3 Å². The Morgan fingerprint density at radius 2 is 1.81 bits per heavy atom. The highest BCUT2D eigenvalue weighted by molar-refractivity contribution is 5.85. The molecule has 0 spiro atoms. The van der Waals surface area contributed by atoms with Crippen LogP contribution in [0.5, 0.6) is 5.75 Å².